The molecule has 2 heterocycles. The summed E-state index contributed by atoms with van der Waals surface area (Å²) in [6.07, 6.45) is 1.67. The molecule has 0 atom stereocenters. The number of fused-ring (bicyclic) bond motifs is 1. The fourth-order valence-corrected chi connectivity index (χ4v) is 1.86. The summed E-state index contributed by atoms with van der Waals surface area (Å²) in [5.74, 6) is -0.430. The third-order valence-corrected chi connectivity index (χ3v) is 2.58. The normalized spacial score (nSPS) is 11.8. The minimum atomic E-state index is -0.548. The third kappa shape index (κ3) is 2.03. The lowest BCUT2D eigenvalue weighted by molar-refractivity contribution is 0.00608. The Balaban J connectivity index is 2.55. The first kappa shape index (κ1) is 12.4. The molecule has 0 spiro atoms. The molecule has 0 aromatic carbocycles. The van der Waals surface area contributed by atoms with Crippen molar-refractivity contribution in [1.82, 2.24) is 9.55 Å². The molecule has 0 fully saturated rings. The molecule has 0 radical (unpaired) electrons. The summed E-state index contributed by atoms with van der Waals surface area (Å²) in [6.45, 7) is 5.46. The van der Waals surface area contributed by atoms with Crippen molar-refractivity contribution in [2.45, 2.75) is 26.4 Å². The van der Waals surface area contributed by atoms with Crippen LogP contribution < -0.4 is 5.73 Å². The smallest absolute Gasteiger partial charge is 0.357 e. The van der Waals surface area contributed by atoms with E-state index in [2.05, 4.69) is 4.98 Å². The number of carbonyl (C=O) groups excluding carboxylic acids is 1. The summed E-state index contributed by atoms with van der Waals surface area (Å²) in [5.41, 5.74) is 6.88. The van der Waals surface area contributed by atoms with Gasteiger partial charge in [-0.05, 0) is 32.9 Å². The van der Waals surface area contributed by atoms with E-state index in [9.17, 15) is 4.79 Å². The van der Waals surface area contributed by atoms with E-state index in [1.165, 1.54) is 0 Å². The van der Waals surface area contributed by atoms with Gasteiger partial charge in [-0.3, -0.25) is 0 Å². The molecule has 0 bridgehead atoms. The number of nitrogens with two attached hydrogens (primary N) is 1. The number of hydrogen-bond acceptors (Lipinski definition) is 4. The van der Waals surface area contributed by atoms with Crippen LogP contribution in [0.3, 0.4) is 0 Å². The Morgan fingerprint density at radius 1 is 1.44 bits per heavy atom. The van der Waals surface area contributed by atoms with Gasteiger partial charge in [0.1, 0.15) is 11.2 Å². The van der Waals surface area contributed by atoms with Crippen LogP contribution in [0.15, 0.2) is 18.3 Å². The van der Waals surface area contributed by atoms with Crippen molar-refractivity contribution in [2.24, 2.45) is 7.05 Å². The number of rotatable bonds is 1. The molecule has 2 aromatic rings. The van der Waals surface area contributed by atoms with Crippen LogP contribution >= 0.6 is 0 Å². The van der Waals surface area contributed by atoms with Gasteiger partial charge in [-0.2, -0.15) is 0 Å². The first-order valence-electron chi connectivity index (χ1n) is 5.73. The highest BCUT2D eigenvalue weighted by atomic mass is 16.6. The Morgan fingerprint density at radius 2 is 2.11 bits per heavy atom. The number of aromatic nitrogens is 2. The van der Waals surface area contributed by atoms with Crippen molar-refractivity contribution in [3.8, 4) is 0 Å². The van der Waals surface area contributed by atoms with Gasteiger partial charge in [0, 0.05) is 18.6 Å². The summed E-state index contributed by atoms with van der Waals surface area (Å²) < 4.78 is 7.01. The minimum Gasteiger partial charge on any atom is -0.455 e. The van der Waals surface area contributed by atoms with Crippen molar-refractivity contribution in [3.63, 3.8) is 0 Å². The minimum absolute atomic E-state index is 0.346. The van der Waals surface area contributed by atoms with Gasteiger partial charge in [-0.15, -0.1) is 0 Å². The number of anilines is 1. The summed E-state index contributed by atoms with van der Waals surface area (Å²) in [4.78, 5) is 16.3. The highest BCUT2D eigenvalue weighted by Gasteiger charge is 2.25. The lowest BCUT2D eigenvalue weighted by Gasteiger charge is -2.19. The number of aryl methyl sites for hydroxylation is 1. The zero-order chi connectivity index (χ0) is 13.5. The van der Waals surface area contributed by atoms with Crippen molar-refractivity contribution >= 4 is 22.7 Å². The second-order valence-corrected chi connectivity index (χ2v) is 5.20. The average molecular weight is 247 g/mol. The van der Waals surface area contributed by atoms with Crippen molar-refractivity contribution in [2.75, 3.05) is 5.73 Å². The number of carbonyl (C=O) groups is 1. The van der Waals surface area contributed by atoms with Gasteiger partial charge in [-0.1, -0.05) is 0 Å². The van der Waals surface area contributed by atoms with E-state index in [0.29, 0.717) is 17.0 Å². The van der Waals surface area contributed by atoms with Crippen LogP contribution in [0.4, 0.5) is 5.69 Å². The zero-order valence-corrected chi connectivity index (χ0v) is 11.0. The Labute approximate surface area is 106 Å². The predicted molar refractivity (Wildman–Crippen MR) is 70.3 cm³/mol. The Morgan fingerprint density at radius 3 is 2.67 bits per heavy atom. The number of hydrogen-bond donors (Lipinski definition) is 1. The van der Waals surface area contributed by atoms with Crippen LogP contribution in [0.5, 0.6) is 0 Å². The summed E-state index contributed by atoms with van der Waals surface area (Å²) in [5, 5.41) is 0.765. The van der Waals surface area contributed by atoms with E-state index in [1.807, 2.05) is 26.8 Å². The van der Waals surface area contributed by atoms with Crippen LogP contribution in [-0.4, -0.2) is 21.1 Å². The lowest BCUT2D eigenvalue weighted by Crippen LogP contribution is -2.25. The number of nitrogen functional groups attached to an aromatic ring is 1. The average Bonchev–Trinajstić information content (AvgIpc) is 2.50. The maximum absolute atomic E-state index is 12.1. The lowest BCUT2D eigenvalue weighted by atomic mass is 10.2. The fourth-order valence-electron chi connectivity index (χ4n) is 1.86. The zero-order valence-electron chi connectivity index (χ0n) is 11.0. The van der Waals surface area contributed by atoms with Crippen molar-refractivity contribution in [1.29, 1.82) is 0 Å². The van der Waals surface area contributed by atoms with E-state index in [4.69, 9.17) is 10.5 Å². The van der Waals surface area contributed by atoms with Crippen molar-refractivity contribution < 1.29 is 9.53 Å². The Hall–Kier alpha value is -2.04. The molecule has 2 rings (SSSR count). The fraction of sp³-hybridized carbons (Fsp3) is 0.385. The highest BCUT2D eigenvalue weighted by molar-refractivity contribution is 6.04. The molecule has 0 saturated carbocycles. The van der Waals surface area contributed by atoms with E-state index >= 15 is 0 Å². The molecule has 5 heteroatoms. The summed E-state index contributed by atoms with van der Waals surface area (Å²) in [6, 6.07) is 3.63. The highest BCUT2D eigenvalue weighted by Crippen LogP contribution is 2.27. The SMILES string of the molecule is Cn1c(C(=O)OC(C)(C)C)c(N)c2cccnc21. The molecular weight excluding hydrogens is 230 g/mol. The van der Waals surface area contributed by atoms with E-state index in [-0.39, 0.29) is 0 Å². The topological polar surface area (TPSA) is 70.1 Å². The maximum atomic E-state index is 12.1. The third-order valence-electron chi connectivity index (χ3n) is 2.58. The molecule has 96 valence electrons. The molecule has 0 unspecified atom stereocenters. The molecule has 0 aliphatic heterocycles. The summed E-state index contributed by atoms with van der Waals surface area (Å²) >= 11 is 0. The number of ether oxygens (including phenoxy) is 1. The van der Waals surface area contributed by atoms with E-state index < -0.39 is 11.6 Å². The van der Waals surface area contributed by atoms with Crippen LogP contribution in [0.1, 0.15) is 31.3 Å². The second-order valence-electron chi connectivity index (χ2n) is 5.20. The van der Waals surface area contributed by atoms with Gasteiger partial charge in [0.15, 0.2) is 5.69 Å². The second kappa shape index (κ2) is 4.01. The first-order chi connectivity index (χ1) is 8.31. The predicted octanol–water partition coefficient (Wildman–Crippen LogP) is 2.11. The van der Waals surface area contributed by atoms with Gasteiger partial charge in [0.2, 0.25) is 0 Å². The largest absolute Gasteiger partial charge is 0.455 e. The molecule has 0 aliphatic carbocycles. The molecule has 0 amide bonds. The van der Waals surface area contributed by atoms with Crippen LogP contribution in [0.2, 0.25) is 0 Å². The van der Waals surface area contributed by atoms with Gasteiger partial charge < -0.3 is 15.0 Å². The monoisotopic (exact) mass is 247 g/mol. The van der Waals surface area contributed by atoms with Gasteiger partial charge in [0.25, 0.3) is 0 Å². The Bertz CT molecular complexity index is 569. The Kier molecular flexibility index (Phi) is 2.77. The molecular formula is C13H17N3O2. The number of pyridine rings is 1. The molecule has 2 N–H and O–H groups in total. The van der Waals surface area contributed by atoms with Gasteiger partial charge in [0.05, 0.1) is 5.69 Å². The molecule has 18 heavy (non-hydrogen) atoms. The molecule has 5 nitrogen and oxygen atoms in total. The van der Waals surface area contributed by atoms with Crippen LogP contribution in [0, 0.1) is 0 Å². The van der Waals surface area contributed by atoms with Gasteiger partial charge >= 0.3 is 5.97 Å². The van der Waals surface area contributed by atoms with Crippen LogP contribution in [-0.2, 0) is 11.8 Å². The number of esters is 1. The number of nitrogens with zero attached hydrogens (tertiary/aromatic N) is 2. The van der Waals surface area contributed by atoms with Gasteiger partial charge in [-0.25, -0.2) is 9.78 Å². The molecule has 0 aliphatic rings. The van der Waals surface area contributed by atoms with E-state index in [0.717, 1.165) is 5.39 Å². The molecule has 2 aromatic heterocycles. The standard InChI is InChI=1S/C13H17N3O2/c1-13(2,3)18-12(17)10-9(14)8-6-5-7-15-11(8)16(10)4/h5-7H,14H2,1-4H3. The quantitative estimate of drug-likeness (QED) is 0.783. The summed E-state index contributed by atoms with van der Waals surface area (Å²) in [7, 11) is 1.75. The molecule has 0 saturated heterocycles. The maximum Gasteiger partial charge on any atom is 0.357 e. The van der Waals surface area contributed by atoms with Crippen molar-refractivity contribution in [3.05, 3.63) is 24.0 Å². The first-order valence-corrected chi connectivity index (χ1v) is 5.73. The van der Waals surface area contributed by atoms with E-state index in [1.54, 1.807) is 23.9 Å². The van der Waals surface area contributed by atoms with Crippen LogP contribution in [0.25, 0.3) is 11.0 Å².